The molecule has 3 heterocycles. The summed E-state index contributed by atoms with van der Waals surface area (Å²) in [4.78, 5) is 36.8. The number of fused-ring (bicyclic) bond motifs is 1. The van der Waals surface area contributed by atoms with Crippen molar-refractivity contribution >= 4 is 48.6 Å². The molecule has 2 aromatic heterocycles. The van der Waals surface area contributed by atoms with E-state index in [9.17, 15) is 24.4 Å². The van der Waals surface area contributed by atoms with Crippen molar-refractivity contribution in [1.29, 1.82) is 0 Å². The van der Waals surface area contributed by atoms with Gasteiger partial charge in [0.2, 0.25) is 11.8 Å². The fourth-order valence-electron chi connectivity index (χ4n) is 4.13. The number of esters is 2. The first-order valence-electron chi connectivity index (χ1n) is 13.0. The summed E-state index contributed by atoms with van der Waals surface area (Å²) in [6, 6.07) is -1.10. The van der Waals surface area contributed by atoms with Gasteiger partial charge in [0.1, 0.15) is 23.9 Å². The molecule has 1 aliphatic heterocycles. The minimum atomic E-state index is -4.43. The molecular formula is C23H37N6O11PS. The number of ether oxygens (including phenoxy) is 4. The monoisotopic (exact) mass is 636 g/mol. The van der Waals surface area contributed by atoms with Gasteiger partial charge in [0.25, 0.3) is 0 Å². The highest BCUT2D eigenvalue weighted by molar-refractivity contribution is 7.98. The molecule has 17 nitrogen and oxygen atoms in total. The Kier molecular flexibility index (Phi) is 11.9. The van der Waals surface area contributed by atoms with Gasteiger partial charge in [0, 0.05) is 0 Å². The molecule has 1 saturated heterocycles. The molecule has 1 aliphatic rings. The number of nitrogens with two attached hydrogens (primary N) is 1. The van der Waals surface area contributed by atoms with Crippen molar-refractivity contribution < 1.29 is 52.4 Å². The lowest BCUT2D eigenvalue weighted by Gasteiger charge is -2.27. The topological polar surface area (TPSA) is 229 Å². The highest BCUT2D eigenvalue weighted by Gasteiger charge is 2.54. The Labute approximate surface area is 246 Å². The van der Waals surface area contributed by atoms with Crippen molar-refractivity contribution in [3.05, 3.63) is 6.33 Å². The number of nitrogen functional groups attached to an aromatic ring is 1. The number of aromatic nitrogens is 4. The van der Waals surface area contributed by atoms with Crippen LogP contribution < -0.4 is 15.6 Å². The molecule has 0 bridgehead atoms. The molecule has 1 fully saturated rings. The molecule has 0 amide bonds. The number of aliphatic hydroxyl groups excluding tert-OH is 1. The third-order valence-electron chi connectivity index (χ3n) is 6.17. The predicted octanol–water partition coefficient (Wildman–Crippen LogP) is 0.405. The summed E-state index contributed by atoms with van der Waals surface area (Å²) in [5.74, 6) is -1.04. The SMILES string of the molecule is CCOC(=O)COP(=O)(NC(CCSC)C(=O)OCC)OCC1OC(n2cnc3c(OC)nc(N)nc32)C(C)(O)C1O. The molecule has 5 N–H and O–H groups in total. The molecular weight excluding hydrogens is 599 g/mol. The van der Waals surface area contributed by atoms with Gasteiger partial charge in [-0.1, -0.05) is 0 Å². The Morgan fingerprint density at radius 3 is 2.64 bits per heavy atom. The zero-order chi connectivity index (χ0) is 31.1. The summed E-state index contributed by atoms with van der Waals surface area (Å²) in [6.07, 6.45) is -0.754. The van der Waals surface area contributed by atoms with Crippen molar-refractivity contribution in [3.63, 3.8) is 0 Å². The summed E-state index contributed by atoms with van der Waals surface area (Å²) in [7, 11) is -3.06. The second kappa shape index (κ2) is 14.7. The number of aliphatic hydroxyl groups is 2. The second-order valence-electron chi connectivity index (χ2n) is 9.20. The number of hydrogen-bond donors (Lipinski definition) is 4. The van der Waals surface area contributed by atoms with Crippen LogP contribution in [-0.2, 0) is 37.4 Å². The molecule has 42 heavy (non-hydrogen) atoms. The number of nitrogens with one attached hydrogen (secondary N) is 1. The van der Waals surface area contributed by atoms with E-state index in [1.54, 1.807) is 13.8 Å². The lowest BCUT2D eigenvalue weighted by molar-refractivity contribution is -0.145. The van der Waals surface area contributed by atoms with Crippen molar-refractivity contribution in [2.24, 2.45) is 0 Å². The lowest BCUT2D eigenvalue weighted by atomic mass is 9.96. The zero-order valence-electron chi connectivity index (χ0n) is 23.9. The van der Waals surface area contributed by atoms with Gasteiger partial charge in [-0.2, -0.15) is 21.7 Å². The maximum Gasteiger partial charge on any atom is 0.406 e. The number of thioether (sulfide) groups is 1. The molecule has 0 aromatic carbocycles. The summed E-state index contributed by atoms with van der Waals surface area (Å²) >= 11 is 1.45. The van der Waals surface area contributed by atoms with E-state index >= 15 is 0 Å². The Hall–Kier alpha value is -2.57. The van der Waals surface area contributed by atoms with Gasteiger partial charge in [-0.25, -0.2) is 19.4 Å². The van der Waals surface area contributed by atoms with Gasteiger partial charge in [-0.15, -0.1) is 0 Å². The van der Waals surface area contributed by atoms with Crippen LogP contribution in [0.4, 0.5) is 5.95 Å². The molecule has 19 heteroatoms. The molecule has 0 spiro atoms. The number of carbonyl (C=O) groups is 2. The summed E-state index contributed by atoms with van der Waals surface area (Å²) in [6.45, 7) is 3.33. The van der Waals surface area contributed by atoms with E-state index in [0.717, 1.165) is 0 Å². The first-order valence-corrected chi connectivity index (χ1v) is 15.9. The van der Waals surface area contributed by atoms with Crippen LogP contribution in [0.15, 0.2) is 6.33 Å². The Morgan fingerprint density at radius 1 is 1.29 bits per heavy atom. The Bertz CT molecular complexity index is 1280. The number of hydrogen-bond acceptors (Lipinski definition) is 16. The number of anilines is 1. The van der Waals surface area contributed by atoms with Gasteiger partial charge >= 0.3 is 19.7 Å². The zero-order valence-corrected chi connectivity index (χ0v) is 25.6. The smallest absolute Gasteiger partial charge is 0.406 e. The van der Waals surface area contributed by atoms with Crippen LogP contribution >= 0.6 is 19.5 Å². The quantitative estimate of drug-likeness (QED) is 0.144. The molecule has 0 aliphatic carbocycles. The molecule has 3 rings (SSSR count). The van der Waals surface area contributed by atoms with Crippen LogP contribution in [0.2, 0.25) is 0 Å². The van der Waals surface area contributed by atoms with E-state index in [-0.39, 0.29) is 42.6 Å². The van der Waals surface area contributed by atoms with Crippen molar-refractivity contribution in [2.75, 3.05) is 51.3 Å². The first kappa shape index (κ1) is 33.9. The summed E-state index contributed by atoms with van der Waals surface area (Å²) in [5, 5.41) is 24.8. The third kappa shape index (κ3) is 7.87. The van der Waals surface area contributed by atoms with E-state index < -0.39 is 63.0 Å². The van der Waals surface area contributed by atoms with Crippen LogP contribution in [-0.4, -0.2) is 111 Å². The number of rotatable bonds is 16. The number of nitrogens with zero attached hydrogens (tertiary/aromatic N) is 4. The number of methoxy groups -OCH3 is 1. The van der Waals surface area contributed by atoms with E-state index in [2.05, 4.69) is 20.0 Å². The molecule has 0 radical (unpaired) electrons. The molecule has 0 saturated carbocycles. The predicted molar refractivity (Wildman–Crippen MR) is 150 cm³/mol. The largest absolute Gasteiger partial charge is 0.479 e. The highest BCUT2D eigenvalue weighted by Crippen LogP contribution is 2.47. The van der Waals surface area contributed by atoms with Gasteiger partial charge < -0.3 is 34.9 Å². The average Bonchev–Trinajstić information content (AvgIpc) is 3.46. The Balaban J connectivity index is 1.84. The van der Waals surface area contributed by atoms with Crippen LogP contribution in [0.1, 0.15) is 33.4 Å². The van der Waals surface area contributed by atoms with Gasteiger partial charge in [0.05, 0.1) is 33.3 Å². The molecule has 236 valence electrons. The lowest BCUT2D eigenvalue weighted by Crippen LogP contribution is -2.44. The van der Waals surface area contributed by atoms with Gasteiger partial charge in [-0.3, -0.25) is 18.4 Å². The van der Waals surface area contributed by atoms with Crippen molar-refractivity contribution in [2.45, 2.75) is 57.3 Å². The molecule has 6 unspecified atom stereocenters. The Morgan fingerprint density at radius 2 is 2.00 bits per heavy atom. The number of carbonyl (C=O) groups excluding carboxylic acids is 2. The number of imidazole rings is 1. The minimum Gasteiger partial charge on any atom is -0.479 e. The maximum atomic E-state index is 13.8. The highest BCUT2D eigenvalue weighted by atomic mass is 32.2. The van der Waals surface area contributed by atoms with Crippen molar-refractivity contribution in [1.82, 2.24) is 24.6 Å². The van der Waals surface area contributed by atoms with Crippen LogP contribution in [0.3, 0.4) is 0 Å². The fraction of sp³-hybridized carbons (Fsp3) is 0.696. The third-order valence-corrected chi connectivity index (χ3v) is 8.40. The standard InChI is InChI=1S/C23H37N6O11PS/c1-6-36-15(30)11-39-41(34,28-13(8-9-42-5)20(32)37-7-2)38-10-14-17(31)23(3,33)21(40-14)29-12-25-16-18(29)26-22(24)27-19(16)35-4/h12-14,17,21,31,33H,6-11H2,1-5H3,(H,28,34)(H2,24,26,27). The van der Waals surface area contributed by atoms with Crippen molar-refractivity contribution in [3.8, 4) is 5.88 Å². The van der Waals surface area contributed by atoms with Gasteiger partial charge in [0.15, 0.2) is 24.0 Å². The van der Waals surface area contributed by atoms with E-state index in [1.165, 1.54) is 36.7 Å². The summed E-state index contributed by atoms with van der Waals surface area (Å²) < 4.78 is 47.0. The van der Waals surface area contributed by atoms with Gasteiger partial charge in [-0.05, 0) is 39.2 Å². The van der Waals surface area contributed by atoms with E-state index in [1.807, 2.05) is 6.26 Å². The average molecular weight is 637 g/mol. The van der Waals surface area contributed by atoms with Crippen LogP contribution in [0.25, 0.3) is 11.2 Å². The normalized spacial score (nSPS) is 24.3. The molecule has 2 aromatic rings. The maximum absolute atomic E-state index is 13.8. The minimum absolute atomic E-state index is 0.0594. The second-order valence-corrected chi connectivity index (χ2v) is 12.0. The summed E-state index contributed by atoms with van der Waals surface area (Å²) in [5.41, 5.74) is 4.26. The van der Waals surface area contributed by atoms with Crippen LogP contribution in [0, 0.1) is 0 Å². The van der Waals surface area contributed by atoms with E-state index in [4.69, 9.17) is 33.7 Å². The van der Waals surface area contributed by atoms with E-state index in [0.29, 0.717) is 5.75 Å². The van der Waals surface area contributed by atoms with Crippen LogP contribution in [0.5, 0.6) is 5.88 Å². The first-order chi connectivity index (χ1) is 19.9. The molecule has 6 atom stereocenters. The fourth-order valence-corrected chi connectivity index (χ4v) is 6.06.